The topological polar surface area (TPSA) is 70.8 Å². The molecule has 1 aromatic heterocycles. The highest BCUT2D eigenvalue weighted by molar-refractivity contribution is 4.99. The highest BCUT2D eigenvalue weighted by Crippen LogP contribution is 2.22. The molecular formula is C14H25N3O3. The van der Waals surface area contributed by atoms with Gasteiger partial charge in [-0.3, -0.25) is 4.90 Å². The van der Waals surface area contributed by atoms with Gasteiger partial charge in [0.25, 0.3) is 0 Å². The molecule has 2 N–H and O–H groups in total. The molecule has 0 aromatic carbocycles. The number of hydrogen-bond acceptors (Lipinski definition) is 5. The van der Waals surface area contributed by atoms with Crippen LogP contribution in [0.3, 0.4) is 0 Å². The minimum Gasteiger partial charge on any atom is -0.393 e. The van der Waals surface area contributed by atoms with Gasteiger partial charge in [-0.15, -0.1) is 0 Å². The van der Waals surface area contributed by atoms with E-state index in [4.69, 9.17) is 4.74 Å². The molecule has 1 fully saturated rings. The predicted octanol–water partition coefficient (Wildman–Crippen LogP) is 0.239. The number of methoxy groups -OCH3 is 1. The van der Waals surface area contributed by atoms with E-state index in [0.717, 1.165) is 38.3 Å². The second-order valence-electron chi connectivity index (χ2n) is 5.58. The maximum Gasteiger partial charge on any atom is 0.0949 e. The number of imidazole rings is 1. The van der Waals surface area contributed by atoms with Crippen LogP contribution < -0.4 is 0 Å². The van der Waals surface area contributed by atoms with Gasteiger partial charge in [0.05, 0.1) is 30.8 Å². The molecule has 1 aliphatic heterocycles. The molecule has 2 rings (SSSR count). The Morgan fingerprint density at radius 2 is 2.25 bits per heavy atom. The fourth-order valence-electron chi connectivity index (χ4n) is 2.65. The van der Waals surface area contributed by atoms with Crippen molar-refractivity contribution in [3.63, 3.8) is 0 Å². The molecule has 1 saturated heterocycles. The lowest BCUT2D eigenvalue weighted by atomic mass is 9.96. The van der Waals surface area contributed by atoms with Gasteiger partial charge in [-0.1, -0.05) is 0 Å². The lowest BCUT2D eigenvalue weighted by molar-refractivity contribution is -0.0255. The van der Waals surface area contributed by atoms with Crippen LogP contribution in [0.25, 0.3) is 0 Å². The smallest absolute Gasteiger partial charge is 0.0949 e. The van der Waals surface area contributed by atoms with Gasteiger partial charge in [-0.25, -0.2) is 4.98 Å². The third kappa shape index (κ3) is 4.02. The summed E-state index contributed by atoms with van der Waals surface area (Å²) in [6.45, 7) is 3.90. The third-order valence-electron chi connectivity index (χ3n) is 4.02. The lowest BCUT2D eigenvalue weighted by Crippen LogP contribution is -2.34. The number of aliphatic hydroxyl groups is 2. The van der Waals surface area contributed by atoms with Gasteiger partial charge < -0.3 is 19.5 Å². The first-order valence-corrected chi connectivity index (χ1v) is 7.20. The van der Waals surface area contributed by atoms with Crippen LogP contribution in [0.2, 0.25) is 0 Å². The molecule has 6 nitrogen and oxygen atoms in total. The zero-order valence-corrected chi connectivity index (χ0v) is 12.2. The van der Waals surface area contributed by atoms with Crippen molar-refractivity contribution in [2.24, 2.45) is 0 Å². The predicted molar refractivity (Wildman–Crippen MR) is 75.3 cm³/mol. The quantitative estimate of drug-likeness (QED) is 0.782. The van der Waals surface area contributed by atoms with E-state index >= 15 is 0 Å². The van der Waals surface area contributed by atoms with Gasteiger partial charge >= 0.3 is 0 Å². The van der Waals surface area contributed by atoms with E-state index in [1.165, 1.54) is 0 Å². The molecule has 2 heterocycles. The van der Waals surface area contributed by atoms with Gasteiger partial charge in [-0.2, -0.15) is 0 Å². The van der Waals surface area contributed by atoms with Gasteiger partial charge in [0.1, 0.15) is 0 Å². The zero-order valence-electron chi connectivity index (χ0n) is 12.2. The molecule has 1 unspecified atom stereocenters. The van der Waals surface area contributed by atoms with Crippen molar-refractivity contribution in [3.8, 4) is 0 Å². The van der Waals surface area contributed by atoms with Crippen LogP contribution in [0.5, 0.6) is 0 Å². The highest BCUT2D eigenvalue weighted by Gasteiger charge is 2.29. The molecule has 0 bridgehead atoms. The van der Waals surface area contributed by atoms with Crippen molar-refractivity contribution in [3.05, 3.63) is 18.2 Å². The monoisotopic (exact) mass is 283 g/mol. The number of likely N-dealkylation sites (tertiary alicyclic amines) is 1. The van der Waals surface area contributed by atoms with Crippen LogP contribution in [0, 0.1) is 0 Å². The van der Waals surface area contributed by atoms with E-state index in [-0.39, 0.29) is 6.61 Å². The minimum atomic E-state index is -0.898. The SMILES string of the molecule is COCCn1cncc1CN1CCCC(O)(CO)CC1. The van der Waals surface area contributed by atoms with E-state index in [0.29, 0.717) is 19.4 Å². The number of aromatic nitrogens is 2. The van der Waals surface area contributed by atoms with E-state index in [1.54, 1.807) is 7.11 Å². The van der Waals surface area contributed by atoms with E-state index in [1.807, 2.05) is 12.5 Å². The first kappa shape index (κ1) is 15.4. The summed E-state index contributed by atoms with van der Waals surface area (Å²) in [4.78, 5) is 6.51. The summed E-state index contributed by atoms with van der Waals surface area (Å²) in [5, 5.41) is 19.4. The van der Waals surface area contributed by atoms with Crippen LogP contribution >= 0.6 is 0 Å². The van der Waals surface area contributed by atoms with Gasteiger partial charge in [0.15, 0.2) is 0 Å². The minimum absolute atomic E-state index is 0.146. The van der Waals surface area contributed by atoms with E-state index < -0.39 is 5.60 Å². The number of hydrogen-bond donors (Lipinski definition) is 2. The summed E-state index contributed by atoms with van der Waals surface area (Å²) in [6, 6.07) is 0. The molecule has 6 heteroatoms. The second kappa shape index (κ2) is 7.17. The molecule has 0 amide bonds. The molecule has 0 saturated carbocycles. The number of rotatable bonds is 6. The van der Waals surface area contributed by atoms with Crippen LogP contribution in [0.15, 0.2) is 12.5 Å². The molecule has 114 valence electrons. The Morgan fingerprint density at radius 3 is 3.00 bits per heavy atom. The van der Waals surface area contributed by atoms with Crippen molar-refractivity contribution < 1.29 is 14.9 Å². The van der Waals surface area contributed by atoms with Crippen LogP contribution in [-0.4, -0.2) is 63.7 Å². The summed E-state index contributed by atoms with van der Waals surface area (Å²) in [5.41, 5.74) is 0.266. The Hall–Kier alpha value is -0.950. The summed E-state index contributed by atoms with van der Waals surface area (Å²) < 4.78 is 7.20. The summed E-state index contributed by atoms with van der Waals surface area (Å²) in [7, 11) is 1.70. The van der Waals surface area contributed by atoms with Crippen molar-refractivity contribution in [2.75, 3.05) is 33.4 Å². The van der Waals surface area contributed by atoms with E-state index in [9.17, 15) is 10.2 Å². The average molecular weight is 283 g/mol. The number of aliphatic hydroxyl groups excluding tert-OH is 1. The highest BCUT2D eigenvalue weighted by atomic mass is 16.5. The number of nitrogens with zero attached hydrogens (tertiary/aromatic N) is 3. The second-order valence-corrected chi connectivity index (χ2v) is 5.58. The molecule has 1 atom stereocenters. The molecule has 1 aromatic rings. The lowest BCUT2D eigenvalue weighted by Gasteiger charge is -2.24. The van der Waals surface area contributed by atoms with Gasteiger partial charge in [0, 0.05) is 32.9 Å². The largest absolute Gasteiger partial charge is 0.393 e. The Bertz CT molecular complexity index is 410. The molecule has 0 radical (unpaired) electrons. The first-order chi connectivity index (χ1) is 9.67. The van der Waals surface area contributed by atoms with Crippen molar-refractivity contribution in [2.45, 2.75) is 38.0 Å². The molecule has 20 heavy (non-hydrogen) atoms. The van der Waals surface area contributed by atoms with E-state index in [2.05, 4.69) is 14.5 Å². The van der Waals surface area contributed by atoms with Crippen molar-refractivity contribution in [1.82, 2.24) is 14.5 Å². The summed E-state index contributed by atoms with van der Waals surface area (Å²) in [5.74, 6) is 0. The fourth-order valence-corrected chi connectivity index (χ4v) is 2.65. The fraction of sp³-hybridized carbons (Fsp3) is 0.786. The molecule has 0 aliphatic carbocycles. The maximum absolute atomic E-state index is 10.2. The van der Waals surface area contributed by atoms with Crippen LogP contribution in [0.1, 0.15) is 25.0 Å². The Kier molecular flexibility index (Phi) is 5.54. The molecule has 0 spiro atoms. The van der Waals surface area contributed by atoms with Gasteiger partial charge in [0.2, 0.25) is 0 Å². The van der Waals surface area contributed by atoms with Crippen molar-refractivity contribution in [1.29, 1.82) is 0 Å². The van der Waals surface area contributed by atoms with Gasteiger partial charge in [-0.05, 0) is 25.8 Å². The maximum atomic E-state index is 10.2. The summed E-state index contributed by atoms with van der Waals surface area (Å²) >= 11 is 0. The molecular weight excluding hydrogens is 258 g/mol. The summed E-state index contributed by atoms with van der Waals surface area (Å²) in [6.07, 6.45) is 5.91. The molecule has 1 aliphatic rings. The zero-order chi connectivity index (χ0) is 14.4. The normalized spacial score (nSPS) is 24.8. The standard InChI is InChI=1S/C14H25N3O3/c1-20-8-7-17-12-15-9-13(17)10-16-5-2-3-14(19,11-18)4-6-16/h9,12,18-19H,2-8,10-11H2,1H3. The Labute approximate surface area is 120 Å². The Balaban J connectivity index is 1.92. The Morgan fingerprint density at radius 1 is 1.40 bits per heavy atom. The average Bonchev–Trinajstić information content (AvgIpc) is 2.80. The first-order valence-electron chi connectivity index (χ1n) is 7.20. The van der Waals surface area contributed by atoms with Crippen LogP contribution in [0.4, 0.5) is 0 Å². The van der Waals surface area contributed by atoms with Crippen LogP contribution in [-0.2, 0) is 17.8 Å². The number of ether oxygens (including phenoxy) is 1. The van der Waals surface area contributed by atoms with Crippen molar-refractivity contribution >= 4 is 0 Å². The third-order valence-corrected chi connectivity index (χ3v) is 4.02.